The molecule has 0 aromatic heterocycles. The number of alkyl halides is 4. The van der Waals surface area contributed by atoms with Gasteiger partial charge in [0.05, 0.1) is 0 Å². The molecule has 0 fully saturated rings. The van der Waals surface area contributed by atoms with Gasteiger partial charge in [0.25, 0.3) is 10.0 Å². The van der Waals surface area contributed by atoms with Crippen LogP contribution in [0.1, 0.15) is 0 Å². The third kappa shape index (κ3) is 3.93. The first-order valence-electron chi connectivity index (χ1n) is 3.36. The maximum Gasteiger partial charge on any atom is 0.350 e. The maximum absolute atomic E-state index is 12.0. The molecular formula is C5H9Cl2F2NO2S. The molecule has 3 nitrogen and oxygen atoms in total. The quantitative estimate of drug-likeness (QED) is 0.672. The lowest BCUT2D eigenvalue weighted by Crippen LogP contribution is -2.38. The average molecular weight is 256 g/mol. The van der Waals surface area contributed by atoms with Crippen LogP contribution in [0.25, 0.3) is 0 Å². The van der Waals surface area contributed by atoms with Gasteiger partial charge in [-0.05, 0) is 0 Å². The molecule has 0 aliphatic carbocycles. The highest BCUT2D eigenvalue weighted by Crippen LogP contribution is 2.11. The van der Waals surface area contributed by atoms with Crippen LogP contribution < -0.4 is 0 Å². The van der Waals surface area contributed by atoms with E-state index in [1.165, 1.54) is 0 Å². The summed E-state index contributed by atoms with van der Waals surface area (Å²) in [4.78, 5) is 0. The molecule has 0 saturated heterocycles. The first-order chi connectivity index (χ1) is 5.96. The van der Waals surface area contributed by atoms with Gasteiger partial charge >= 0.3 is 5.76 Å². The molecule has 0 unspecified atom stereocenters. The van der Waals surface area contributed by atoms with Crippen molar-refractivity contribution in [2.24, 2.45) is 0 Å². The number of rotatable bonds is 6. The molecule has 0 aliphatic rings. The molecule has 0 spiro atoms. The molecule has 80 valence electrons. The summed E-state index contributed by atoms with van der Waals surface area (Å²) in [5.74, 6) is -3.50. The highest BCUT2D eigenvalue weighted by molar-refractivity contribution is 7.89. The van der Waals surface area contributed by atoms with Gasteiger partial charge in [-0.2, -0.15) is 13.1 Å². The van der Waals surface area contributed by atoms with E-state index in [0.717, 1.165) is 0 Å². The van der Waals surface area contributed by atoms with Gasteiger partial charge in [-0.25, -0.2) is 8.42 Å². The molecule has 0 bridgehead atoms. The van der Waals surface area contributed by atoms with E-state index in [2.05, 4.69) is 0 Å². The van der Waals surface area contributed by atoms with Crippen molar-refractivity contribution >= 4 is 33.2 Å². The van der Waals surface area contributed by atoms with Crippen LogP contribution >= 0.6 is 23.2 Å². The third-order valence-corrected chi connectivity index (χ3v) is 3.13. The van der Waals surface area contributed by atoms with E-state index in [1.807, 2.05) is 0 Å². The molecular weight excluding hydrogens is 247 g/mol. The lowest BCUT2D eigenvalue weighted by Gasteiger charge is -2.18. The molecule has 0 N–H and O–H groups in total. The second-order valence-corrected chi connectivity index (χ2v) is 4.74. The Morgan fingerprint density at radius 3 is 1.77 bits per heavy atom. The predicted molar refractivity (Wildman–Crippen MR) is 47.9 cm³/mol. The minimum Gasteiger partial charge on any atom is -0.206 e. The zero-order chi connectivity index (χ0) is 10.5. The summed E-state index contributed by atoms with van der Waals surface area (Å²) in [6.07, 6.45) is 0. The first kappa shape index (κ1) is 13.4. The number of hydrogen-bond acceptors (Lipinski definition) is 2. The number of halogens is 4. The van der Waals surface area contributed by atoms with Gasteiger partial charge in [0.1, 0.15) is 0 Å². The highest BCUT2D eigenvalue weighted by atomic mass is 35.5. The van der Waals surface area contributed by atoms with Crippen LogP contribution in [0.5, 0.6) is 0 Å². The molecule has 13 heavy (non-hydrogen) atoms. The summed E-state index contributed by atoms with van der Waals surface area (Å²) >= 11 is 10.5. The summed E-state index contributed by atoms with van der Waals surface area (Å²) in [7, 11) is -4.53. The Hall–Kier alpha value is 0.350. The smallest absolute Gasteiger partial charge is 0.206 e. The number of nitrogens with zero attached hydrogens (tertiary/aromatic N) is 1. The van der Waals surface area contributed by atoms with E-state index in [1.54, 1.807) is 0 Å². The Balaban J connectivity index is 4.52. The Morgan fingerprint density at radius 1 is 1.15 bits per heavy atom. The molecule has 0 radical (unpaired) electrons. The Bertz CT molecular complexity index is 229. The standard InChI is InChI=1S/C5H9Cl2F2NO2S/c6-1-3-10(4-2-7)13(11,12)5(8)9/h5H,1-4H2. The average Bonchev–Trinajstić information content (AvgIpc) is 2.03. The van der Waals surface area contributed by atoms with Crippen molar-refractivity contribution in [2.75, 3.05) is 24.8 Å². The van der Waals surface area contributed by atoms with E-state index in [-0.39, 0.29) is 24.8 Å². The molecule has 0 rings (SSSR count). The van der Waals surface area contributed by atoms with Crippen molar-refractivity contribution < 1.29 is 17.2 Å². The summed E-state index contributed by atoms with van der Waals surface area (Å²) < 4.78 is 46.3. The lowest BCUT2D eigenvalue weighted by atomic mass is 10.7. The summed E-state index contributed by atoms with van der Waals surface area (Å²) in [6, 6.07) is 0. The largest absolute Gasteiger partial charge is 0.350 e. The van der Waals surface area contributed by atoms with Gasteiger partial charge in [0.15, 0.2) is 0 Å². The predicted octanol–water partition coefficient (Wildman–Crippen LogP) is 1.32. The molecule has 0 heterocycles. The van der Waals surface area contributed by atoms with Gasteiger partial charge in [0.2, 0.25) is 0 Å². The Kier molecular flexibility index (Phi) is 6.11. The summed E-state index contributed by atoms with van der Waals surface area (Å²) in [5.41, 5.74) is 0. The van der Waals surface area contributed by atoms with Gasteiger partial charge in [-0.15, -0.1) is 23.2 Å². The fourth-order valence-corrected chi connectivity index (χ4v) is 2.19. The zero-order valence-corrected chi connectivity index (χ0v) is 8.92. The van der Waals surface area contributed by atoms with Crippen LogP contribution in [0.4, 0.5) is 8.78 Å². The normalized spacial score (nSPS) is 12.8. The van der Waals surface area contributed by atoms with Crippen LogP contribution in [-0.4, -0.2) is 43.3 Å². The van der Waals surface area contributed by atoms with Gasteiger partial charge < -0.3 is 0 Å². The Labute approximate surface area is 85.7 Å². The second-order valence-electron chi connectivity index (χ2n) is 2.08. The molecule has 0 aromatic carbocycles. The van der Waals surface area contributed by atoms with E-state index >= 15 is 0 Å². The van der Waals surface area contributed by atoms with Crippen LogP contribution in [0, 0.1) is 0 Å². The number of sulfonamides is 1. The summed E-state index contributed by atoms with van der Waals surface area (Å²) in [6.45, 7) is -0.304. The fourth-order valence-electron chi connectivity index (χ4n) is 0.668. The zero-order valence-electron chi connectivity index (χ0n) is 6.59. The van der Waals surface area contributed by atoms with Crippen molar-refractivity contribution in [2.45, 2.75) is 5.76 Å². The van der Waals surface area contributed by atoms with Crippen LogP contribution in [0.3, 0.4) is 0 Å². The monoisotopic (exact) mass is 255 g/mol. The Morgan fingerprint density at radius 2 is 1.54 bits per heavy atom. The minimum absolute atomic E-state index is 0.0389. The van der Waals surface area contributed by atoms with Gasteiger partial charge in [-0.1, -0.05) is 0 Å². The van der Waals surface area contributed by atoms with Crippen molar-refractivity contribution in [3.63, 3.8) is 0 Å². The lowest BCUT2D eigenvalue weighted by molar-refractivity contribution is 0.220. The molecule has 0 atom stereocenters. The van der Waals surface area contributed by atoms with E-state index in [9.17, 15) is 17.2 Å². The van der Waals surface area contributed by atoms with Crippen molar-refractivity contribution in [1.29, 1.82) is 0 Å². The van der Waals surface area contributed by atoms with Gasteiger partial charge in [0, 0.05) is 24.8 Å². The van der Waals surface area contributed by atoms with Gasteiger partial charge in [-0.3, -0.25) is 0 Å². The van der Waals surface area contributed by atoms with Crippen LogP contribution in [0.2, 0.25) is 0 Å². The topological polar surface area (TPSA) is 37.4 Å². The maximum atomic E-state index is 12.0. The van der Waals surface area contributed by atoms with Crippen molar-refractivity contribution in [3.8, 4) is 0 Å². The van der Waals surface area contributed by atoms with Crippen molar-refractivity contribution in [1.82, 2.24) is 4.31 Å². The van der Waals surface area contributed by atoms with Crippen LogP contribution in [-0.2, 0) is 10.0 Å². The molecule has 0 amide bonds. The SMILES string of the molecule is O=S(=O)(C(F)F)N(CCCl)CCCl. The summed E-state index contributed by atoms with van der Waals surface area (Å²) in [5, 5.41) is 0. The number of hydrogen-bond donors (Lipinski definition) is 0. The fraction of sp³-hybridized carbons (Fsp3) is 1.00. The molecule has 0 aromatic rings. The second kappa shape index (κ2) is 5.95. The van der Waals surface area contributed by atoms with Crippen molar-refractivity contribution in [3.05, 3.63) is 0 Å². The van der Waals surface area contributed by atoms with E-state index in [4.69, 9.17) is 23.2 Å². The van der Waals surface area contributed by atoms with Crippen LogP contribution in [0.15, 0.2) is 0 Å². The van der Waals surface area contributed by atoms with E-state index < -0.39 is 15.8 Å². The first-order valence-corrected chi connectivity index (χ1v) is 5.93. The molecule has 8 heteroatoms. The van der Waals surface area contributed by atoms with E-state index in [0.29, 0.717) is 4.31 Å². The molecule has 0 aliphatic heterocycles. The highest BCUT2D eigenvalue weighted by Gasteiger charge is 2.30. The minimum atomic E-state index is -4.53. The molecule has 0 saturated carbocycles. The third-order valence-electron chi connectivity index (χ3n) is 1.25.